The summed E-state index contributed by atoms with van der Waals surface area (Å²) >= 11 is 0. The normalized spacial score (nSPS) is 21.0. The number of rotatable bonds is 6. The van der Waals surface area contributed by atoms with Crippen molar-refractivity contribution in [2.24, 2.45) is 0 Å². The first-order valence-corrected chi connectivity index (χ1v) is 7.87. The topological polar surface area (TPSA) is 24.5 Å². The maximum absolute atomic E-state index is 13.5. The minimum atomic E-state index is -0.383. The van der Waals surface area contributed by atoms with Crippen molar-refractivity contribution in [1.29, 1.82) is 0 Å². The Hall–Kier alpha value is -1.29. The van der Waals surface area contributed by atoms with Crippen LogP contribution in [0.25, 0.3) is 0 Å². The van der Waals surface area contributed by atoms with Gasteiger partial charge in [0, 0.05) is 13.1 Å². The second kappa shape index (κ2) is 7.12. The van der Waals surface area contributed by atoms with Gasteiger partial charge in [0.15, 0.2) is 5.83 Å². The van der Waals surface area contributed by atoms with Crippen LogP contribution in [-0.2, 0) is 4.74 Å². The Kier molecular flexibility index (Phi) is 5.45. The van der Waals surface area contributed by atoms with E-state index in [2.05, 4.69) is 23.8 Å². The molecule has 1 heterocycles. The average molecular weight is 294 g/mol. The lowest BCUT2D eigenvalue weighted by atomic mass is 10.0. The number of nitrogens with zero attached hydrogens (tertiary/aromatic N) is 1. The summed E-state index contributed by atoms with van der Waals surface area (Å²) in [6.45, 7) is 9.45. The van der Waals surface area contributed by atoms with Crippen molar-refractivity contribution in [3.63, 3.8) is 0 Å². The van der Waals surface area contributed by atoms with Crippen LogP contribution >= 0.6 is 0 Å². The molecule has 1 aliphatic heterocycles. The Bertz CT molecular complexity index is 444. The third kappa shape index (κ3) is 4.10. The highest BCUT2D eigenvalue weighted by molar-refractivity contribution is 5.28. The molecule has 0 bridgehead atoms. The van der Waals surface area contributed by atoms with E-state index in [0.717, 1.165) is 38.8 Å². The van der Waals surface area contributed by atoms with Crippen molar-refractivity contribution >= 4 is 0 Å². The predicted molar refractivity (Wildman–Crippen MR) is 84.5 cm³/mol. The highest BCUT2D eigenvalue weighted by atomic mass is 19.1. The zero-order valence-corrected chi connectivity index (χ0v) is 13.4. The van der Waals surface area contributed by atoms with Gasteiger partial charge in [0.05, 0.1) is 5.70 Å². The van der Waals surface area contributed by atoms with Gasteiger partial charge in [0.2, 0.25) is 0 Å². The summed E-state index contributed by atoms with van der Waals surface area (Å²) in [5.41, 5.74) is 2.67. The van der Waals surface area contributed by atoms with Gasteiger partial charge in [-0.2, -0.15) is 0 Å². The zero-order valence-electron chi connectivity index (χ0n) is 13.4. The molecule has 1 aliphatic carbocycles. The van der Waals surface area contributed by atoms with E-state index in [1.807, 2.05) is 6.92 Å². The first kappa shape index (κ1) is 16.1. The molecule has 0 radical (unpaired) electrons. The van der Waals surface area contributed by atoms with Crippen LogP contribution in [0.3, 0.4) is 0 Å². The monoisotopic (exact) mass is 294 g/mol. The first-order valence-electron chi connectivity index (χ1n) is 7.87. The summed E-state index contributed by atoms with van der Waals surface area (Å²) < 4.78 is 19.2. The summed E-state index contributed by atoms with van der Waals surface area (Å²) in [6, 6.07) is 0.542. The fourth-order valence-corrected chi connectivity index (χ4v) is 3.02. The second-order valence-corrected chi connectivity index (χ2v) is 5.90. The summed E-state index contributed by atoms with van der Waals surface area (Å²) in [5.74, 6) is -0.256. The molecule has 3 nitrogen and oxygen atoms in total. The third-order valence-corrected chi connectivity index (χ3v) is 4.32. The molecule has 2 rings (SSSR count). The van der Waals surface area contributed by atoms with Crippen molar-refractivity contribution in [3.8, 4) is 0 Å². The zero-order chi connectivity index (χ0) is 15.4. The van der Waals surface area contributed by atoms with E-state index >= 15 is 0 Å². The maximum Gasteiger partial charge on any atom is 0.160 e. The molecule has 0 aromatic carbocycles. The maximum atomic E-state index is 13.5. The second-order valence-electron chi connectivity index (χ2n) is 5.90. The number of nitrogens with one attached hydrogen (secondary N) is 1. The number of piperidine rings is 1. The molecule has 21 heavy (non-hydrogen) atoms. The predicted octanol–water partition coefficient (Wildman–Crippen LogP) is 3.51. The number of hydrogen-bond acceptors (Lipinski definition) is 3. The van der Waals surface area contributed by atoms with E-state index in [4.69, 9.17) is 4.74 Å². The highest BCUT2D eigenvalue weighted by Crippen LogP contribution is 2.37. The lowest BCUT2D eigenvalue weighted by molar-refractivity contribution is 0.115. The Labute approximate surface area is 127 Å². The molecule has 1 saturated heterocycles. The van der Waals surface area contributed by atoms with E-state index in [9.17, 15) is 4.39 Å². The Balaban J connectivity index is 2.05. The van der Waals surface area contributed by atoms with Crippen molar-refractivity contribution in [2.75, 3.05) is 20.1 Å². The van der Waals surface area contributed by atoms with Gasteiger partial charge < -0.3 is 15.0 Å². The molecule has 1 N–H and O–H groups in total. The molecule has 2 aliphatic rings. The molecular formula is C17H27FN2O. The molecular weight excluding hydrogens is 267 g/mol. The van der Waals surface area contributed by atoms with Crippen LogP contribution in [0.5, 0.6) is 0 Å². The van der Waals surface area contributed by atoms with Crippen molar-refractivity contribution in [2.45, 2.75) is 51.7 Å². The van der Waals surface area contributed by atoms with Crippen molar-refractivity contribution < 1.29 is 9.13 Å². The molecule has 1 saturated carbocycles. The first-order chi connectivity index (χ1) is 10.0. The lowest BCUT2D eigenvalue weighted by Gasteiger charge is -2.37. The van der Waals surface area contributed by atoms with E-state index in [0.29, 0.717) is 6.04 Å². The number of ether oxygens (including phenoxy) is 1. The van der Waals surface area contributed by atoms with Crippen LogP contribution in [0.2, 0.25) is 0 Å². The molecule has 4 heteroatoms. The summed E-state index contributed by atoms with van der Waals surface area (Å²) in [5, 5.41) is 3.39. The third-order valence-electron chi connectivity index (χ3n) is 4.32. The minimum absolute atomic E-state index is 0.127. The Morgan fingerprint density at radius 3 is 2.57 bits per heavy atom. The van der Waals surface area contributed by atoms with Gasteiger partial charge in [-0.3, -0.25) is 0 Å². The largest absolute Gasteiger partial charge is 0.482 e. The van der Waals surface area contributed by atoms with Crippen LogP contribution in [0, 0.1) is 0 Å². The smallest absolute Gasteiger partial charge is 0.160 e. The SMILES string of the molecule is C=C(O[C@@H](C)C(=C1CC1)N(C)C1CCNCC1)/C(F)=C\C. The van der Waals surface area contributed by atoms with Gasteiger partial charge in [0.25, 0.3) is 0 Å². The van der Waals surface area contributed by atoms with Gasteiger partial charge in [-0.1, -0.05) is 6.58 Å². The Morgan fingerprint density at radius 2 is 2.05 bits per heavy atom. The molecule has 0 amide bonds. The molecule has 0 aromatic rings. The van der Waals surface area contributed by atoms with Crippen LogP contribution < -0.4 is 5.32 Å². The molecule has 0 spiro atoms. The van der Waals surface area contributed by atoms with Crippen LogP contribution in [0.4, 0.5) is 4.39 Å². The molecule has 1 atom stereocenters. The van der Waals surface area contributed by atoms with Crippen LogP contribution in [0.1, 0.15) is 39.5 Å². The van der Waals surface area contributed by atoms with E-state index in [1.165, 1.54) is 17.3 Å². The quantitative estimate of drug-likeness (QED) is 0.599. The molecule has 2 fully saturated rings. The standard InChI is InChI=1S/C17H27FN2O/c1-5-16(18)12(2)21-13(3)17(14-6-7-14)20(4)15-8-10-19-11-9-15/h5,13,15,19H,2,6-11H2,1,3-4H3/b16-5+/t13-/m0/s1. The Morgan fingerprint density at radius 1 is 1.43 bits per heavy atom. The number of hydrogen-bond donors (Lipinski definition) is 1. The number of allylic oxidation sites excluding steroid dienone is 3. The highest BCUT2D eigenvalue weighted by Gasteiger charge is 2.30. The van der Waals surface area contributed by atoms with Gasteiger partial charge in [0.1, 0.15) is 11.9 Å². The average Bonchev–Trinajstić information content (AvgIpc) is 3.32. The van der Waals surface area contributed by atoms with Gasteiger partial charge in [-0.25, -0.2) is 4.39 Å². The summed E-state index contributed by atoms with van der Waals surface area (Å²) in [4.78, 5) is 2.36. The fraction of sp³-hybridized carbons (Fsp3) is 0.647. The summed E-state index contributed by atoms with van der Waals surface area (Å²) in [7, 11) is 2.14. The van der Waals surface area contributed by atoms with Crippen LogP contribution in [-0.4, -0.2) is 37.2 Å². The van der Waals surface area contributed by atoms with Gasteiger partial charge >= 0.3 is 0 Å². The van der Waals surface area contributed by atoms with Gasteiger partial charge in [-0.05, 0) is 64.3 Å². The molecule has 0 unspecified atom stereocenters. The van der Waals surface area contributed by atoms with Crippen molar-refractivity contribution in [3.05, 3.63) is 35.5 Å². The lowest BCUT2D eigenvalue weighted by Crippen LogP contribution is -2.42. The minimum Gasteiger partial charge on any atom is -0.482 e. The molecule has 0 aromatic heterocycles. The van der Waals surface area contributed by atoms with E-state index in [1.54, 1.807) is 6.92 Å². The number of halogens is 1. The molecule has 118 valence electrons. The summed E-state index contributed by atoms with van der Waals surface area (Å²) in [6.07, 6.45) is 5.79. The van der Waals surface area contributed by atoms with E-state index in [-0.39, 0.29) is 17.7 Å². The van der Waals surface area contributed by atoms with Crippen LogP contribution in [0.15, 0.2) is 35.5 Å². The fourth-order valence-electron chi connectivity index (χ4n) is 3.02. The van der Waals surface area contributed by atoms with E-state index < -0.39 is 0 Å². The van der Waals surface area contributed by atoms with Gasteiger partial charge in [-0.15, -0.1) is 0 Å². The van der Waals surface area contributed by atoms with Crippen molar-refractivity contribution in [1.82, 2.24) is 10.2 Å². The number of likely N-dealkylation sites (N-methyl/N-ethyl adjacent to an activating group) is 1.